The molecule has 3 aromatic carbocycles. The average molecular weight is 655 g/mol. The van der Waals surface area contributed by atoms with E-state index in [-0.39, 0.29) is 5.56 Å². The molecular weight excluding hydrogens is 600 g/mol. The van der Waals surface area contributed by atoms with Crippen LogP contribution in [0.4, 0.5) is 5.69 Å². The molecule has 0 saturated carbocycles. The summed E-state index contributed by atoms with van der Waals surface area (Å²) in [7, 11) is 1.33. The lowest BCUT2D eigenvalue weighted by Gasteiger charge is -2.30. The maximum absolute atomic E-state index is 14.2. The van der Waals surface area contributed by atoms with Gasteiger partial charge in [-0.25, -0.2) is 0 Å². The van der Waals surface area contributed by atoms with Crippen LogP contribution < -0.4 is 10.1 Å². The molecule has 0 saturated heterocycles. The summed E-state index contributed by atoms with van der Waals surface area (Å²) in [6.07, 6.45) is 21.3. The Hall–Kier alpha value is -4.04. The maximum atomic E-state index is 14.2. The van der Waals surface area contributed by atoms with Crippen LogP contribution in [0, 0.1) is 0 Å². The SMILES string of the molecule is CCCCCCCCCCCCCCCCCCOc1ccc(C(=O)C(OC)(C(=O)Nc2ccccc2)n2nnc3ccccc32)cc1. The summed E-state index contributed by atoms with van der Waals surface area (Å²) >= 11 is 0. The number of carbonyl (C=O) groups excluding carboxylic acids is 2. The summed E-state index contributed by atoms with van der Waals surface area (Å²) < 4.78 is 13.0. The van der Waals surface area contributed by atoms with Gasteiger partial charge in [0.05, 0.1) is 12.1 Å². The van der Waals surface area contributed by atoms with Gasteiger partial charge in [-0.2, -0.15) is 4.68 Å². The molecule has 8 heteroatoms. The van der Waals surface area contributed by atoms with Crippen LogP contribution in [0.25, 0.3) is 11.0 Å². The quantitative estimate of drug-likeness (QED) is 0.0459. The number of carbonyl (C=O) groups is 2. The molecule has 4 rings (SSSR count). The van der Waals surface area contributed by atoms with Crippen LogP contribution in [0.15, 0.2) is 78.9 Å². The molecule has 0 aliphatic heterocycles. The van der Waals surface area contributed by atoms with Crippen molar-refractivity contribution in [2.45, 2.75) is 115 Å². The molecule has 8 nitrogen and oxygen atoms in total. The number of para-hydroxylation sites is 2. The summed E-state index contributed by atoms with van der Waals surface area (Å²) in [5, 5.41) is 11.2. The zero-order valence-corrected chi connectivity index (χ0v) is 29.0. The van der Waals surface area contributed by atoms with E-state index in [2.05, 4.69) is 22.6 Å². The second kappa shape index (κ2) is 20.4. The van der Waals surface area contributed by atoms with Gasteiger partial charge in [0.15, 0.2) is 0 Å². The zero-order chi connectivity index (χ0) is 33.9. The summed E-state index contributed by atoms with van der Waals surface area (Å²) in [6, 6.07) is 22.9. The first kappa shape index (κ1) is 36.8. The van der Waals surface area contributed by atoms with Gasteiger partial charge in [0.2, 0.25) is 5.78 Å². The van der Waals surface area contributed by atoms with E-state index in [1.807, 2.05) is 12.1 Å². The Morgan fingerprint density at radius 3 is 1.81 bits per heavy atom. The number of nitrogens with zero attached hydrogens (tertiary/aromatic N) is 3. The number of unbranched alkanes of at least 4 members (excludes halogenated alkanes) is 15. The van der Waals surface area contributed by atoms with Gasteiger partial charge in [0.25, 0.3) is 5.91 Å². The van der Waals surface area contributed by atoms with Crippen molar-refractivity contribution in [2.24, 2.45) is 0 Å². The smallest absolute Gasteiger partial charge is 0.307 e. The number of anilines is 1. The van der Waals surface area contributed by atoms with Crippen LogP contribution in [-0.4, -0.2) is 40.4 Å². The molecule has 0 aliphatic carbocycles. The number of methoxy groups -OCH3 is 1. The van der Waals surface area contributed by atoms with Crippen LogP contribution in [0.5, 0.6) is 5.75 Å². The summed E-state index contributed by atoms with van der Waals surface area (Å²) in [6.45, 7) is 2.90. The predicted octanol–water partition coefficient (Wildman–Crippen LogP) is 9.89. The lowest BCUT2D eigenvalue weighted by molar-refractivity contribution is -0.143. The number of rotatable bonds is 24. The molecule has 0 radical (unpaired) electrons. The first-order valence-corrected chi connectivity index (χ1v) is 18.1. The maximum Gasteiger partial charge on any atom is 0.307 e. The Labute approximate surface area is 286 Å². The second-order valence-electron chi connectivity index (χ2n) is 12.7. The highest BCUT2D eigenvalue weighted by Crippen LogP contribution is 2.29. The number of hydrogen-bond donors (Lipinski definition) is 1. The normalized spacial score (nSPS) is 12.5. The molecule has 0 spiro atoms. The molecule has 48 heavy (non-hydrogen) atoms. The highest BCUT2D eigenvalue weighted by molar-refractivity contribution is 6.18. The Bertz CT molecular complexity index is 1500. The number of Topliss-reactive ketones (excluding diaryl/α,β-unsaturated/α-hetero) is 1. The van der Waals surface area contributed by atoms with Crippen LogP contribution >= 0.6 is 0 Å². The van der Waals surface area contributed by atoms with Gasteiger partial charge in [0.1, 0.15) is 11.3 Å². The third kappa shape index (κ3) is 10.5. The minimum absolute atomic E-state index is 0.286. The number of ketones is 1. The molecule has 258 valence electrons. The molecule has 0 aliphatic rings. The van der Waals surface area contributed by atoms with Gasteiger partial charge in [-0.05, 0) is 55.0 Å². The van der Waals surface area contributed by atoms with Crippen LogP contribution in [-0.2, 0) is 15.3 Å². The summed E-state index contributed by atoms with van der Waals surface area (Å²) in [5.74, 6) is -0.574. The van der Waals surface area contributed by atoms with Crippen molar-refractivity contribution in [3.63, 3.8) is 0 Å². The van der Waals surface area contributed by atoms with E-state index in [4.69, 9.17) is 9.47 Å². The van der Waals surface area contributed by atoms with Crippen molar-refractivity contribution in [2.75, 3.05) is 19.0 Å². The standard InChI is InChI=1S/C40H54N4O4/c1-3-4-5-6-7-8-9-10-11-12-13-14-15-16-17-23-32-48-35-30-28-33(29-31-35)38(45)40(47-2,39(46)41-34-24-19-18-20-25-34)44-37-27-22-21-26-36(37)42-43-44/h18-22,24-31H,3-17,23,32H2,1-2H3,(H,41,46). The molecule has 4 aromatic rings. The lowest BCUT2D eigenvalue weighted by Crippen LogP contribution is -2.54. The highest BCUT2D eigenvalue weighted by Gasteiger charge is 2.51. The van der Waals surface area contributed by atoms with Crippen molar-refractivity contribution < 1.29 is 19.1 Å². The van der Waals surface area contributed by atoms with Crippen LogP contribution in [0.2, 0.25) is 0 Å². The summed E-state index contributed by atoms with van der Waals surface area (Å²) in [5.41, 5.74) is -0.290. The fraction of sp³-hybridized carbons (Fsp3) is 0.500. The molecular formula is C40H54N4O4. The van der Waals surface area contributed by atoms with Crippen LogP contribution in [0.3, 0.4) is 0 Å². The van der Waals surface area contributed by atoms with Crippen molar-refractivity contribution in [1.82, 2.24) is 15.0 Å². The molecule has 1 amide bonds. The van der Waals surface area contributed by atoms with Gasteiger partial charge in [-0.1, -0.05) is 139 Å². The van der Waals surface area contributed by atoms with E-state index in [9.17, 15) is 9.59 Å². The van der Waals surface area contributed by atoms with E-state index in [0.717, 1.165) is 12.8 Å². The lowest BCUT2D eigenvalue weighted by atomic mass is 9.98. The number of fused-ring (bicyclic) bond motifs is 1. The number of benzene rings is 3. The number of nitrogens with one attached hydrogen (secondary N) is 1. The third-order valence-electron chi connectivity index (χ3n) is 8.98. The van der Waals surface area contributed by atoms with Gasteiger partial charge < -0.3 is 14.8 Å². The van der Waals surface area contributed by atoms with Crippen molar-refractivity contribution >= 4 is 28.4 Å². The number of ether oxygens (including phenoxy) is 2. The van der Waals surface area contributed by atoms with Gasteiger partial charge >= 0.3 is 5.72 Å². The van der Waals surface area contributed by atoms with Crippen molar-refractivity contribution in [1.29, 1.82) is 0 Å². The molecule has 0 bridgehead atoms. The largest absolute Gasteiger partial charge is 0.494 e. The van der Waals surface area contributed by atoms with Crippen molar-refractivity contribution in [3.05, 3.63) is 84.4 Å². The van der Waals surface area contributed by atoms with E-state index < -0.39 is 17.4 Å². The average Bonchev–Trinajstić information content (AvgIpc) is 3.55. The predicted molar refractivity (Wildman–Crippen MR) is 193 cm³/mol. The Kier molecular flexibility index (Phi) is 15.6. The number of aromatic nitrogens is 3. The Morgan fingerprint density at radius 2 is 1.23 bits per heavy atom. The zero-order valence-electron chi connectivity index (χ0n) is 29.0. The first-order chi connectivity index (χ1) is 23.6. The molecule has 1 N–H and O–H groups in total. The topological polar surface area (TPSA) is 95.3 Å². The molecule has 1 unspecified atom stereocenters. The third-order valence-corrected chi connectivity index (χ3v) is 8.98. The van der Waals surface area contributed by atoms with Crippen LogP contribution in [0.1, 0.15) is 120 Å². The van der Waals surface area contributed by atoms with E-state index in [1.54, 1.807) is 66.7 Å². The highest BCUT2D eigenvalue weighted by atomic mass is 16.5. The van der Waals surface area contributed by atoms with Gasteiger partial charge in [-0.3, -0.25) is 9.59 Å². The van der Waals surface area contributed by atoms with E-state index in [0.29, 0.717) is 29.1 Å². The fourth-order valence-electron chi connectivity index (χ4n) is 6.14. The van der Waals surface area contributed by atoms with E-state index in [1.165, 1.54) is 102 Å². The number of hydrogen-bond acceptors (Lipinski definition) is 6. The van der Waals surface area contributed by atoms with E-state index >= 15 is 0 Å². The fourth-order valence-corrected chi connectivity index (χ4v) is 6.14. The number of amides is 1. The molecule has 1 atom stereocenters. The second-order valence-corrected chi connectivity index (χ2v) is 12.7. The van der Waals surface area contributed by atoms with Gasteiger partial charge in [-0.15, -0.1) is 5.10 Å². The molecule has 1 aromatic heterocycles. The van der Waals surface area contributed by atoms with Gasteiger partial charge in [0, 0.05) is 18.4 Å². The monoisotopic (exact) mass is 654 g/mol. The summed E-state index contributed by atoms with van der Waals surface area (Å²) in [4.78, 5) is 28.1. The minimum atomic E-state index is -2.14. The Balaban J connectivity index is 1.22. The first-order valence-electron chi connectivity index (χ1n) is 18.1. The molecule has 1 heterocycles. The Morgan fingerprint density at radius 1 is 0.688 bits per heavy atom. The minimum Gasteiger partial charge on any atom is -0.494 e. The molecule has 0 fully saturated rings. The van der Waals surface area contributed by atoms with Crippen molar-refractivity contribution in [3.8, 4) is 5.75 Å².